The van der Waals surface area contributed by atoms with Crippen LogP contribution in [0.15, 0.2) is 72.9 Å². The van der Waals surface area contributed by atoms with Crippen LogP contribution in [0, 0.1) is 0 Å². The van der Waals surface area contributed by atoms with Crippen molar-refractivity contribution in [2.75, 3.05) is 13.2 Å². The van der Waals surface area contributed by atoms with Gasteiger partial charge in [0.1, 0.15) is 13.2 Å². The number of unbranched alkanes of at least 4 members (excludes halogenated alkanes) is 15. The summed E-state index contributed by atoms with van der Waals surface area (Å²) in [5.74, 6) is -1.04. The van der Waals surface area contributed by atoms with E-state index in [2.05, 4.69) is 87.6 Å². The van der Waals surface area contributed by atoms with Crippen molar-refractivity contribution in [1.82, 2.24) is 0 Å². The number of rotatable bonds is 38. The lowest BCUT2D eigenvalue weighted by molar-refractivity contribution is -0.166. The molecular formula is C48H80O6. The van der Waals surface area contributed by atoms with Gasteiger partial charge in [-0.25, -0.2) is 0 Å². The average molecular weight is 753 g/mol. The van der Waals surface area contributed by atoms with Gasteiger partial charge in [0.15, 0.2) is 6.10 Å². The first-order valence-electron chi connectivity index (χ1n) is 21.9. The van der Waals surface area contributed by atoms with Crippen molar-refractivity contribution in [2.24, 2.45) is 0 Å². The molecule has 0 N–H and O–H groups in total. The highest BCUT2D eigenvalue weighted by Crippen LogP contribution is 2.12. The van der Waals surface area contributed by atoms with Gasteiger partial charge in [-0.2, -0.15) is 0 Å². The summed E-state index contributed by atoms with van der Waals surface area (Å²) in [6.07, 6.45) is 52.0. The summed E-state index contributed by atoms with van der Waals surface area (Å²) in [6, 6.07) is 0. The normalized spacial score (nSPS) is 12.7. The topological polar surface area (TPSA) is 78.9 Å². The first kappa shape index (κ1) is 50.9. The Morgan fingerprint density at radius 2 is 0.759 bits per heavy atom. The Labute approximate surface area is 332 Å². The standard InChI is InChI=1S/C48H80O6/c1-4-7-10-13-16-19-21-23-25-26-29-32-35-38-41-47(50)53-44-45(43-52-46(49)40-37-34-31-28-18-15-12-9-6-3)54-48(51)42-39-36-33-30-27-24-22-20-17-14-11-8-5-2/h7,9-10,12,16,18-19,24,27-28,33,36,45H,4-6,8,11,13-15,17,20-23,25-26,29-32,34-35,37-44H2,1-3H3/b10-7-,12-9-,19-16-,27-24-,28-18-,36-33-. The zero-order valence-electron chi connectivity index (χ0n) is 35.0. The minimum atomic E-state index is -0.818. The van der Waals surface area contributed by atoms with Gasteiger partial charge in [-0.15, -0.1) is 0 Å². The Bertz CT molecular complexity index is 1050. The van der Waals surface area contributed by atoms with Crippen molar-refractivity contribution in [2.45, 2.75) is 200 Å². The van der Waals surface area contributed by atoms with Gasteiger partial charge < -0.3 is 14.2 Å². The first-order valence-corrected chi connectivity index (χ1v) is 21.9. The molecule has 0 bridgehead atoms. The Balaban J connectivity index is 4.48. The van der Waals surface area contributed by atoms with E-state index in [-0.39, 0.29) is 31.6 Å². The molecule has 0 aromatic heterocycles. The third kappa shape index (κ3) is 40.0. The highest BCUT2D eigenvalue weighted by Gasteiger charge is 2.19. The van der Waals surface area contributed by atoms with E-state index in [1.54, 1.807) is 0 Å². The van der Waals surface area contributed by atoms with E-state index in [4.69, 9.17) is 14.2 Å². The van der Waals surface area contributed by atoms with E-state index < -0.39 is 12.1 Å². The Hall–Kier alpha value is -3.15. The zero-order chi connectivity index (χ0) is 39.4. The molecule has 0 amide bonds. The number of hydrogen-bond acceptors (Lipinski definition) is 6. The predicted octanol–water partition coefficient (Wildman–Crippen LogP) is 13.9. The number of allylic oxidation sites excluding steroid dienone is 12. The van der Waals surface area contributed by atoms with E-state index in [9.17, 15) is 14.4 Å². The highest BCUT2D eigenvalue weighted by atomic mass is 16.6. The molecule has 0 aliphatic rings. The van der Waals surface area contributed by atoms with E-state index in [1.807, 2.05) is 6.08 Å². The van der Waals surface area contributed by atoms with Gasteiger partial charge in [0.2, 0.25) is 0 Å². The van der Waals surface area contributed by atoms with Crippen molar-refractivity contribution < 1.29 is 28.6 Å². The lowest BCUT2D eigenvalue weighted by Crippen LogP contribution is -2.30. The van der Waals surface area contributed by atoms with Crippen molar-refractivity contribution in [1.29, 1.82) is 0 Å². The van der Waals surface area contributed by atoms with E-state index in [0.29, 0.717) is 19.3 Å². The fourth-order valence-electron chi connectivity index (χ4n) is 5.69. The zero-order valence-corrected chi connectivity index (χ0v) is 35.0. The summed E-state index contributed by atoms with van der Waals surface area (Å²) >= 11 is 0. The Morgan fingerprint density at radius 3 is 1.22 bits per heavy atom. The fourth-order valence-corrected chi connectivity index (χ4v) is 5.69. The van der Waals surface area contributed by atoms with Crippen LogP contribution in [0.3, 0.4) is 0 Å². The first-order chi connectivity index (χ1) is 26.5. The van der Waals surface area contributed by atoms with Gasteiger partial charge >= 0.3 is 17.9 Å². The van der Waals surface area contributed by atoms with Crippen molar-refractivity contribution in [3.05, 3.63) is 72.9 Å². The molecule has 0 aromatic carbocycles. The molecule has 6 nitrogen and oxygen atoms in total. The molecule has 1 atom stereocenters. The smallest absolute Gasteiger partial charge is 0.306 e. The van der Waals surface area contributed by atoms with Crippen LogP contribution in [0.1, 0.15) is 194 Å². The van der Waals surface area contributed by atoms with Crippen LogP contribution >= 0.6 is 0 Å². The van der Waals surface area contributed by atoms with Crippen LogP contribution in [-0.4, -0.2) is 37.2 Å². The Morgan fingerprint density at radius 1 is 0.389 bits per heavy atom. The molecule has 0 aliphatic carbocycles. The maximum atomic E-state index is 12.7. The molecule has 6 heteroatoms. The van der Waals surface area contributed by atoms with Gasteiger partial charge in [0.25, 0.3) is 0 Å². The van der Waals surface area contributed by atoms with E-state index in [0.717, 1.165) is 83.5 Å². The van der Waals surface area contributed by atoms with Crippen molar-refractivity contribution in [3.8, 4) is 0 Å². The van der Waals surface area contributed by atoms with Crippen LogP contribution in [0.25, 0.3) is 0 Å². The molecule has 0 fully saturated rings. The van der Waals surface area contributed by atoms with Crippen molar-refractivity contribution >= 4 is 17.9 Å². The molecule has 0 saturated heterocycles. The number of carbonyl (C=O) groups is 3. The fraction of sp³-hybridized carbons (Fsp3) is 0.688. The average Bonchev–Trinajstić information content (AvgIpc) is 3.17. The molecule has 0 aliphatic heterocycles. The maximum Gasteiger partial charge on any atom is 0.306 e. The van der Waals surface area contributed by atoms with Gasteiger partial charge in [-0.3, -0.25) is 14.4 Å². The molecule has 1 unspecified atom stereocenters. The third-order valence-electron chi connectivity index (χ3n) is 8.94. The second kappa shape index (κ2) is 42.6. The molecule has 0 heterocycles. The van der Waals surface area contributed by atoms with Crippen LogP contribution in [0.4, 0.5) is 0 Å². The molecule has 308 valence electrons. The van der Waals surface area contributed by atoms with E-state index in [1.165, 1.54) is 64.2 Å². The largest absolute Gasteiger partial charge is 0.462 e. The van der Waals surface area contributed by atoms with Gasteiger partial charge in [-0.05, 0) is 89.9 Å². The Kier molecular flexibility index (Phi) is 40.1. The minimum absolute atomic E-state index is 0.113. The second-order valence-corrected chi connectivity index (χ2v) is 14.2. The summed E-state index contributed by atoms with van der Waals surface area (Å²) in [5.41, 5.74) is 0. The van der Waals surface area contributed by atoms with Gasteiger partial charge in [-0.1, -0.05) is 158 Å². The summed E-state index contributed by atoms with van der Waals surface area (Å²) in [4.78, 5) is 37.6. The number of ether oxygens (including phenoxy) is 3. The number of esters is 3. The third-order valence-corrected chi connectivity index (χ3v) is 8.94. The number of carbonyl (C=O) groups excluding carboxylic acids is 3. The van der Waals surface area contributed by atoms with Gasteiger partial charge in [0, 0.05) is 19.3 Å². The van der Waals surface area contributed by atoms with Crippen molar-refractivity contribution in [3.63, 3.8) is 0 Å². The molecule has 0 rings (SSSR count). The summed E-state index contributed by atoms with van der Waals surface area (Å²) in [7, 11) is 0. The van der Waals surface area contributed by atoms with Crippen LogP contribution in [-0.2, 0) is 28.6 Å². The van der Waals surface area contributed by atoms with Crippen LogP contribution in [0.5, 0.6) is 0 Å². The second-order valence-electron chi connectivity index (χ2n) is 14.2. The molecule has 0 saturated carbocycles. The summed E-state index contributed by atoms with van der Waals surface area (Å²) < 4.78 is 16.6. The maximum absolute atomic E-state index is 12.7. The van der Waals surface area contributed by atoms with Gasteiger partial charge in [0.05, 0.1) is 0 Å². The van der Waals surface area contributed by atoms with Crippen LogP contribution in [0.2, 0.25) is 0 Å². The highest BCUT2D eigenvalue weighted by molar-refractivity contribution is 5.71. The lowest BCUT2D eigenvalue weighted by Gasteiger charge is -2.18. The monoisotopic (exact) mass is 753 g/mol. The molecule has 0 spiro atoms. The molecular weight excluding hydrogens is 673 g/mol. The number of hydrogen-bond donors (Lipinski definition) is 0. The van der Waals surface area contributed by atoms with Crippen LogP contribution < -0.4 is 0 Å². The summed E-state index contributed by atoms with van der Waals surface area (Å²) in [5, 5.41) is 0. The lowest BCUT2D eigenvalue weighted by atomic mass is 10.1. The quantitative estimate of drug-likeness (QED) is 0.0270. The summed E-state index contributed by atoms with van der Waals surface area (Å²) in [6.45, 7) is 6.28. The minimum Gasteiger partial charge on any atom is -0.462 e. The SMILES string of the molecule is CC/C=C\C/C=C\CCCCCCCCCC(=O)OCC(COC(=O)CCCC/C=C\C/C=C\CC)OC(=O)CC/C=C\C/C=C\CCCCCCCC. The van der Waals surface area contributed by atoms with E-state index >= 15 is 0 Å². The molecule has 0 aromatic rings. The molecule has 0 radical (unpaired) electrons. The predicted molar refractivity (Wildman–Crippen MR) is 228 cm³/mol. The molecule has 54 heavy (non-hydrogen) atoms.